The van der Waals surface area contributed by atoms with Gasteiger partial charge in [-0.3, -0.25) is 9.52 Å². The van der Waals surface area contributed by atoms with Crippen molar-refractivity contribution in [1.82, 2.24) is 5.32 Å². The molecule has 0 saturated carbocycles. The number of sulfonamides is 1. The molecule has 5 nitrogen and oxygen atoms in total. The zero-order valence-corrected chi connectivity index (χ0v) is 16.9. The van der Waals surface area contributed by atoms with Crippen molar-refractivity contribution in [3.05, 3.63) is 94.0 Å². The molecule has 3 rings (SSSR count). The molecular weight excluding hydrogens is 419 g/mol. The summed E-state index contributed by atoms with van der Waals surface area (Å²) in [5.74, 6) is -0.262. The Kier molecular flexibility index (Phi) is 6.24. The van der Waals surface area contributed by atoms with E-state index in [0.29, 0.717) is 27.8 Å². The second-order valence-corrected chi connectivity index (χ2v) is 8.50. The lowest BCUT2D eigenvalue weighted by Crippen LogP contribution is -2.22. The topological polar surface area (TPSA) is 75.3 Å². The summed E-state index contributed by atoms with van der Waals surface area (Å²) in [5.41, 5.74) is 1.69. The molecule has 0 unspecified atom stereocenters. The summed E-state index contributed by atoms with van der Waals surface area (Å²) >= 11 is 11.6. The monoisotopic (exact) mass is 434 g/mol. The summed E-state index contributed by atoms with van der Waals surface area (Å²) in [7, 11) is -3.73. The van der Waals surface area contributed by atoms with Crippen molar-refractivity contribution in [2.75, 3.05) is 4.72 Å². The molecule has 0 atom stereocenters. The lowest BCUT2D eigenvalue weighted by atomic mass is 10.2. The van der Waals surface area contributed by atoms with Crippen molar-refractivity contribution in [2.24, 2.45) is 0 Å². The highest BCUT2D eigenvalue weighted by atomic mass is 35.5. The fraction of sp³-hybridized carbons (Fsp3) is 0.0500. The van der Waals surface area contributed by atoms with Crippen LogP contribution in [-0.2, 0) is 16.6 Å². The predicted octanol–water partition coefficient (Wildman–Crippen LogP) is 4.72. The molecule has 8 heteroatoms. The number of carbonyl (C=O) groups is 1. The number of amides is 1. The van der Waals surface area contributed by atoms with Crippen LogP contribution in [0.3, 0.4) is 0 Å². The quantitative estimate of drug-likeness (QED) is 0.588. The van der Waals surface area contributed by atoms with E-state index in [2.05, 4.69) is 10.0 Å². The van der Waals surface area contributed by atoms with Gasteiger partial charge in [0.1, 0.15) is 0 Å². The molecule has 0 bridgehead atoms. The lowest BCUT2D eigenvalue weighted by Gasteiger charge is -2.09. The van der Waals surface area contributed by atoms with Gasteiger partial charge < -0.3 is 5.32 Å². The van der Waals surface area contributed by atoms with E-state index in [0.717, 1.165) is 5.56 Å². The number of hydrogen-bond donors (Lipinski definition) is 2. The molecule has 0 aliphatic rings. The van der Waals surface area contributed by atoms with Gasteiger partial charge in [-0.05, 0) is 66.2 Å². The third-order valence-corrected chi connectivity index (χ3v) is 5.79. The van der Waals surface area contributed by atoms with Crippen molar-refractivity contribution in [2.45, 2.75) is 11.4 Å². The molecule has 3 aromatic carbocycles. The lowest BCUT2D eigenvalue weighted by molar-refractivity contribution is 0.0951. The molecule has 0 aromatic heterocycles. The standard InChI is InChI=1S/C20H16Cl2N2O3S/c21-16-5-1-14(2-6-16)13-23-20(25)15-3-9-18(10-4-15)24-28(26,27)19-11-7-17(22)8-12-19/h1-12,24H,13H2,(H,23,25). The molecule has 28 heavy (non-hydrogen) atoms. The molecule has 0 radical (unpaired) electrons. The summed E-state index contributed by atoms with van der Waals surface area (Å²) in [6, 6.07) is 19.2. The Bertz CT molecular complexity index is 1070. The zero-order valence-electron chi connectivity index (χ0n) is 14.5. The van der Waals surface area contributed by atoms with E-state index in [1.54, 1.807) is 24.3 Å². The number of nitrogens with one attached hydrogen (secondary N) is 2. The van der Waals surface area contributed by atoms with Gasteiger partial charge in [0.15, 0.2) is 0 Å². The van der Waals surface area contributed by atoms with Gasteiger partial charge in [-0.25, -0.2) is 8.42 Å². The van der Waals surface area contributed by atoms with Crippen molar-refractivity contribution in [3.8, 4) is 0 Å². The summed E-state index contributed by atoms with van der Waals surface area (Å²) in [6.07, 6.45) is 0. The van der Waals surface area contributed by atoms with Crippen molar-refractivity contribution in [3.63, 3.8) is 0 Å². The fourth-order valence-electron chi connectivity index (χ4n) is 2.40. The van der Waals surface area contributed by atoms with Crippen LogP contribution < -0.4 is 10.0 Å². The van der Waals surface area contributed by atoms with E-state index in [1.165, 1.54) is 36.4 Å². The Hall–Kier alpha value is -2.54. The van der Waals surface area contributed by atoms with Gasteiger partial charge in [0.05, 0.1) is 4.90 Å². The number of carbonyl (C=O) groups excluding carboxylic acids is 1. The molecule has 0 saturated heterocycles. The molecule has 0 spiro atoms. The molecule has 1 amide bonds. The second-order valence-electron chi connectivity index (χ2n) is 5.95. The first-order chi connectivity index (χ1) is 13.3. The smallest absolute Gasteiger partial charge is 0.261 e. The van der Waals surface area contributed by atoms with E-state index in [-0.39, 0.29) is 10.8 Å². The SMILES string of the molecule is O=C(NCc1ccc(Cl)cc1)c1ccc(NS(=O)(=O)c2ccc(Cl)cc2)cc1. The van der Waals surface area contributed by atoms with E-state index in [4.69, 9.17) is 23.2 Å². The summed E-state index contributed by atoms with van der Waals surface area (Å²) in [6.45, 7) is 0.362. The molecule has 144 valence electrons. The van der Waals surface area contributed by atoms with Crippen LogP contribution in [0.25, 0.3) is 0 Å². The van der Waals surface area contributed by atoms with Crippen LogP contribution in [0.1, 0.15) is 15.9 Å². The van der Waals surface area contributed by atoms with E-state index in [9.17, 15) is 13.2 Å². The highest BCUT2D eigenvalue weighted by Gasteiger charge is 2.14. The first kappa shape index (κ1) is 20.2. The van der Waals surface area contributed by atoms with Gasteiger partial charge in [-0.2, -0.15) is 0 Å². The first-order valence-electron chi connectivity index (χ1n) is 8.24. The van der Waals surface area contributed by atoms with Crippen LogP contribution >= 0.6 is 23.2 Å². The largest absolute Gasteiger partial charge is 0.348 e. The predicted molar refractivity (Wildman–Crippen MR) is 111 cm³/mol. The van der Waals surface area contributed by atoms with Gasteiger partial charge in [0.25, 0.3) is 15.9 Å². The van der Waals surface area contributed by atoms with E-state index < -0.39 is 10.0 Å². The summed E-state index contributed by atoms with van der Waals surface area (Å²) in [4.78, 5) is 12.3. The third kappa shape index (κ3) is 5.25. The maximum absolute atomic E-state index is 12.4. The minimum atomic E-state index is -3.73. The minimum Gasteiger partial charge on any atom is -0.348 e. The molecule has 0 heterocycles. The fourth-order valence-corrected chi connectivity index (χ4v) is 3.71. The van der Waals surface area contributed by atoms with Crippen molar-refractivity contribution in [1.29, 1.82) is 0 Å². The van der Waals surface area contributed by atoms with Crippen LogP contribution in [0.15, 0.2) is 77.7 Å². The Labute approximate surface area is 173 Å². The third-order valence-electron chi connectivity index (χ3n) is 3.89. The van der Waals surface area contributed by atoms with Crippen LogP contribution in [0, 0.1) is 0 Å². The van der Waals surface area contributed by atoms with Crippen LogP contribution in [0.5, 0.6) is 0 Å². The van der Waals surface area contributed by atoms with Crippen LogP contribution in [0.4, 0.5) is 5.69 Å². The number of halogens is 2. The van der Waals surface area contributed by atoms with Crippen molar-refractivity contribution >= 4 is 44.8 Å². The molecule has 0 aliphatic carbocycles. The van der Waals surface area contributed by atoms with Crippen molar-refractivity contribution < 1.29 is 13.2 Å². The normalized spacial score (nSPS) is 11.1. The van der Waals surface area contributed by atoms with E-state index in [1.807, 2.05) is 12.1 Å². The van der Waals surface area contributed by atoms with E-state index >= 15 is 0 Å². The Morgan fingerprint density at radius 3 is 1.89 bits per heavy atom. The van der Waals surface area contributed by atoms with Gasteiger partial charge in [0, 0.05) is 27.8 Å². The Morgan fingerprint density at radius 2 is 1.32 bits per heavy atom. The Morgan fingerprint density at radius 1 is 0.786 bits per heavy atom. The van der Waals surface area contributed by atoms with Gasteiger partial charge in [-0.15, -0.1) is 0 Å². The summed E-state index contributed by atoms with van der Waals surface area (Å²) < 4.78 is 27.2. The number of anilines is 1. The van der Waals surface area contributed by atoms with Gasteiger partial charge in [-0.1, -0.05) is 35.3 Å². The Balaban J connectivity index is 1.63. The molecule has 3 aromatic rings. The molecule has 0 fully saturated rings. The minimum absolute atomic E-state index is 0.0988. The van der Waals surface area contributed by atoms with Crippen LogP contribution in [-0.4, -0.2) is 14.3 Å². The highest BCUT2D eigenvalue weighted by molar-refractivity contribution is 7.92. The molecular formula is C20H16Cl2N2O3S. The number of hydrogen-bond acceptors (Lipinski definition) is 3. The molecule has 2 N–H and O–H groups in total. The van der Waals surface area contributed by atoms with Gasteiger partial charge in [0.2, 0.25) is 0 Å². The highest BCUT2D eigenvalue weighted by Crippen LogP contribution is 2.19. The average molecular weight is 435 g/mol. The number of benzene rings is 3. The maximum atomic E-state index is 12.4. The number of rotatable bonds is 6. The second kappa shape index (κ2) is 8.65. The molecule has 0 aliphatic heterocycles. The average Bonchev–Trinajstić information content (AvgIpc) is 2.68. The maximum Gasteiger partial charge on any atom is 0.261 e. The summed E-state index contributed by atoms with van der Waals surface area (Å²) in [5, 5.41) is 3.88. The first-order valence-corrected chi connectivity index (χ1v) is 10.5. The zero-order chi connectivity index (χ0) is 20.1. The van der Waals surface area contributed by atoms with Gasteiger partial charge >= 0.3 is 0 Å². The van der Waals surface area contributed by atoms with Crippen LogP contribution in [0.2, 0.25) is 10.0 Å².